The van der Waals surface area contributed by atoms with Gasteiger partial charge in [0.25, 0.3) is 11.8 Å². The molecule has 4 rings (SSSR count). The second-order valence-corrected chi connectivity index (χ2v) is 7.56. The summed E-state index contributed by atoms with van der Waals surface area (Å²) in [7, 11) is 0. The average molecular weight is 413 g/mol. The standard InChI is InChI=1S/C22H27N3O5/c26-21(25-10-8-24(9-11-25)15-19-6-2-12-28-19)16-30-18-5-1-4-17(14-18)23-22(27)20-7-3-13-29-20/h1,3-5,7,13-14,19H,2,6,8-12,15-16H2,(H,23,27). The Hall–Kier alpha value is -2.84. The first kappa shape index (κ1) is 20.4. The lowest BCUT2D eigenvalue weighted by molar-refractivity contribution is -0.135. The largest absolute Gasteiger partial charge is 0.484 e. The number of amides is 2. The third-order valence-electron chi connectivity index (χ3n) is 5.41. The molecule has 2 fully saturated rings. The molecule has 0 saturated carbocycles. The Morgan fingerprint density at radius 1 is 1.13 bits per heavy atom. The molecule has 1 unspecified atom stereocenters. The Morgan fingerprint density at radius 2 is 2.00 bits per heavy atom. The number of furan rings is 1. The molecule has 160 valence electrons. The Labute approximate surface area is 175 Å². The number of hydrogen-bond donors (Lipinski definition) is 1. The van der Waals surface area contributed by atoms with Gasteiger partial charge in [-0.05, 0) is 37.1 Å². The van der Waals surface area contributed by atoms with Crippen LogP contribution in [0.25, 0.3) is 0 Å². The van der Waals surface area contributed by atoms with Crippen molar-refractivity contribution in [2.45, 2.75) is 18.9 Å². The van der Waals surface area contributed by atoms with Crippen LogP contribution in [0.5, 0.6) is 5.75 Å². The minimum absolute atomic E-state index is 0.0265. The first-order chi connectivity index (χ1) is 14.7. The number of ether oxygens (including phenoxy) is 2. The Balaban J connectivity index is 1.22. The van der Waals surface area contributed by atoms with Gasteiger partial charge in [-0.25, -0.2) is 0 Å². The first-order valence-electron chi connectivity index (χ1n) is 10.4. The molecule has 1 aromatic carbocycles. The highest BCUT2D eigenvalue weighted by Crippen LogP contribution is 2.19. The molecule has 3 heterocycles. The van der Waals surface area contributed by atoms with E-state index in [0.717, 1.165) is 39.1 Å². The van der Waals surface area contributed by atoms with Crippen LogP contribution >= 0.6 is 0 Å². The third-order valence-corrected chi connectivity index (χ3v) is 5.41. The van der Waals surface area contributed by atoms with Gasteiger partial charge in [-0.2, -0.15) is 0 Å². The number of anilines is 1. The van der Waals surface area contributed by atoms with Crippen LogP contribution in [-0.2, 0) is 9.53 Å². The maximum absolute atomic E-state index is 12.5. The normalized spacial score (nSPS) is 19.6. The summed E-state index contributed by atoms with van der Waals surface area (Å²) in [6.07, 6.45) is 4.07. The van der Waals surface area contributed by atoms with Gasteiger partial charge < -0.3 is 24.1 Å². The highest BCUT2D eigenvalue weighted by atomic mass is 16.5. The van der Waals surface area contributed by atoms with Gasteiger partial charge in [-0.3, -0.25) is 14.5 Å². The summed E-state index contributed by atoms with van der Waals surface area (Å²) in [4.78, 5) is 28.8. The molecule has 0 spiro atoms. The van der Waals surface area contributed by atoms with Crippen LogP contribution < -0.4 is 10.1 Å². The maximum Gasteiger partial charge on any atom is 0.291 e. The minimum Gasteiger partial charge on any atom is -0.484 e. The zero-order valence-corrected chi connectivity index (χ0v) is 16.9. The summed E-state index contributed by atoms with van der Waals surface area (Å²) in [5, 5.41) is 2.75. The number of carbonyl (C=O) groups excluding carboxylic acids is 2. The van der Waals surface area contributed by atoms with Crippen molar-refractivity contribution in [3.05, 3.63) is 48.4 Å². The second-order valence-electron chi connectivity index (χ2n) is 7.56. The first-order valence-corrected chi connectivity index (χ1v) is 10.4. The van der Waals surface area contributed by atoms with E-state index < -0.39 is 0 Å². The van der Waals surface area contributed by atoms with Crippen LogP contribution in [-0.4, -0.2) is 73.7 Å². The second kappa shape index (κ2) is 9.77. The van der Waals surface area contributed by atoms with Crippen molar-refractivity contribution in [3.8, 4) is 5.75 Å². The monoisotopic (exact) mass is 413 g/mol. The number of nitrogens with one attached hydrogen (secondary N) is 1. The zero-order chi connectivity index (χ0) is 20.8. The van der Waals surface area contributed by atoms with E-state index in [0.29, 0.717) is 30.6 Å². The molecule has 8 heteroatoms. The number of piperazine rings is 1. The molecule has 2 amide bonds. The van der Waals surface area contributed by atoms with E-state index in [4.69, 9.17) is 13.9 Å². The molecular formula is C22H27N3O5. The molecule has 0 aliphatic carbocycles. The molecule has 2 saturated heterocycles. The topological polar surface area (TPSA) is 84.2 Å². The molecule has 8 nitrogen and oxygen atoms in total. The van der Waals surface area contributed by atoms with Crippen molar-refractivity contribution in [1.29, 1.82) is 0 Å². The molecule has 0 bridgehead atoms. The summed E-state index contributed by atoms with van der Waals surface area (Å²) >= 11 is 0. The molecule has 1 aromatic heterocycles. The fourth-order valence-electron chi connectivity index (χ4n) is 3.76. The molecule has 1 N–H and O–H groups in total. The number of benzene rings is 1. The van der Waals surface area contributed by atoms with Crippen LogP contribution in [0.15, 0.2) is 47.1 Å². The van der Waals surface area contributed by atoms with Gasteiger partial charge >= 0.3 is 0 Å². The quantitative estimate of drug-likeness (QED) is 0.750. The van der Waals surface area contributed by atoms with Gasteiger partial charge in [0.1, 0.15) is 5.75 Å². The molecular weight excluding hydrogens is 386 g/mol. The van der Waals surface area contributed by atoms with Crippen molar-refractivity contribution in [1.82, 2.24) is 9.80 Å². The molecule has 0 radical (unpaired) electrons. The Bertz CT molecular complexity index is 840. The smallest absolute Gasteiger partial charge is 0.291 e. The van der Waals surface area contributed by atoms with Crippen molar-refractivity contribution < 1.29 is 23.5 Å². The molecule has 2 aromatic rings. The summed E-state index contributed by atoms with van der Waals surface area (Å²) in [5.41, 5.74) is 0.573. The van der Waals surface area contributed by atoms with E-state index in [1.54, 1.807) is 36.4 Å². The van der Waals surface area contributed by atoms with Crippen molar-refractivity contribution in [2.24, 2.45) is 0 Å². The summed E-state index contributed by atoms with van der Waals surface area (Å²) < 4.78 is 16.5. The third kappa shape index (κ3) is 5.40. The van der Waals surface area contributed by atoms with E-state index in [2.05, 4.69) is 10.2 Å². The average Bonchev–Trinajstić information content (AvgIpc) is 3.47. The van der Waals surface area contributed by atoms with Crippen LogP contribution in [0.3, 0.4) is 0 Å². The number of rotatable bonds is 7. The Kier molecular flexibility index (Phi) is 6.66. The lowest BCUT2D eigenvalue weighted by Crippen LogP contribution is -2.51. The Morgan fingerprint density at radius 3 is 2.73 bits per heavy atom. The highest BCUT2D eigenvalue weighted by molar-refractivity contribution is 6.02. The van der Waals surface area contributed by atoms with Crippen molar-refractivity contribution in [3.63, 3.8) is 0 Å². The van der Waals surface area contributed by atoms with Gasteiger partial charge in [0.05, 0.1) is 12.4 Å². The van der Waals surface area contributed by atoms with Gasteiger partial charge in [-0.15, -0.1) is 0 Å². The van der Waals surface area contributed by atoms with Crippen LogP contribution in [0, 0.1) is 0 Å². The van der Waals surface area contributed by atoms with Crippen molar-refractivity contribution in [2.75, 3.05) is 51.3 Å². The van der Waals surface area contributed by atoms with Gasteiger partial charge in [0.15, 0.2) is 12.4 Å². The SMILES string of the molecule is O=C(Nc1cccc(OCC(=O)N2CCN(CC3CCCO3)CC2)c1)c1ccco1. The summed E-state index contributed by atoms with van der Waals surface area (Å²) in [6, 6.07) is 10.2. The van der Waals surface area contributed by atoms with Crippen LogP contribution in [0.4, 0.5) is 5.69 Å². The number of carbonyl (C=O) groups is 2. The highest BCUT2D eigenvalue weighted by Gasteiger charge is 2.25. The fraction of sp³-hybridized carbons (Fsp3) is 0.455. The van der Waals surface area contributed by atoms with Crippen LogP contribution in [0.2, 0.25) is 0 Å². The lowest BCUT2D eigenvalue weighted by atomic mass is 10.2. The van der Waals surface area contributed by atoms with Crippen LogP contribution in [0.1, 0.15) is 23.4 Å². The predicted molar refractivity (Wildman–Crippen MR) is 111 cm³/mol. The van der Waals surface area contributed by atoms with Crippen molar-refractivity contribution >= 4 is 17.5 Å². The van der Waals surface area contributed by atoms with E-state index in [9.17, 15) is 9.59 Å². The number of hydrogen-bond acceptors (Lipinski definition) is 6. The lowest BCUT2D eigenvalue weighted by Gasteiger charge is -2.35. The minimum atomic E-state index is -0.339. The molecule has 2 aliphatic rings. The number of nitrogens with zero attached hydrogens (tertiary/aromatic N) is 2. The predicted octanol–water partition coefficient (Wildman–Crippen LogP) is 2.23. The zero-order valence-electron chi connectivity index (χ0n) is 16.9. The summed E-state index contributed by atoms with van der Waals surface area (Å²) in [6.45, 7) is 4.92. The summed E-state index contributed by atoms with van der Waals surface area (Å²) in [5.74, 6) is 0.388. The molecule has 30 heavy (non-hydrogen) atoms. The van der Waals surface area contributed by atoms with Gasteiger partial charge in [-0.1, -0.05) is 6.07 Å². The van der Waals surface area contributed by atoms with E-state index >= 15 is 0 Å². The van der Waals surface area contributed by atoms with E-state index in [1.807, 2.05) is 4.90 Å². The molecule has 1 atom stereocenters. The molecule has 2 aliphatic heterocycles. The van der Waals surface area contributed by atoms with E-state index in [1.165, 1.54) is 6.26 Å². The fourth-order valence-corrected chi connectivity index (χ4v) is 3.76. The van der Waals surface area contributed by atoms with Gasteiger partial charge in [0, 0.05) is 51.1 Å². The van der Waals surface area contributed by atoms with E-state index in [-0.39, 0.29) is 24.2 Å². The van der Waals surface area contributed by atoms with Gasteiger partial charge in [0.2, 0.25) is 0 Å². The maximum atomic E-state index is 12.5.